The molecule has 0 amide bonds. The van der Waals surface area contributed by atoms with E-state index in [2.05, 4.69) is 0 Å². The van der Waals surface area contributed by atoms with Gasteiger partial charge in [0.2, 0.25) is 10.0 Å². The molecule has 1 heterocycles. The summed E-state index contributed by atoms with van der Waals surface area (Å²) < 4.78 is 27.1. The number of sulfonamides is 1. The molecule has 1 aliphatic heterocycles. The summed E-state index contributed by atoms with van der Waals surface area (Å²) in [6.07, 6.45) is 4.70. The Morgan fingerprint density at radius 2 is 1.86 bits per heavy atom. The van der Waals surface area contributed by atoms with Gasteiger partial charge in [-0.3, -0.25) is 0 Å². The van der Waals surface area contributed by atoms with E-state index in [4.69, 9.17) is 0 Å². The van der Waals surface area contributed by atoms with Crippen LogP contribution in [0.15, 0.2) is 29.2 Å². The summed E-state index contributed by atoms with van der Waals surface area (Å²) in [6.45, 7) is 3.06. The molecular formula is C17H23NO3S. The third kappa shape index (κ3) is 1.92. The molecule has 120 valence electrons. The van der Waals surface area contributed by atoms with Gasteiger partial charge in [-0.1, -0.05) is 17.7 Å². The maximum Gasteiger partial charge on any atom is 0.243 e. The normalized spacial score (nSPS) is 33.8. The van der Waals surface area contributed by atoms with E-state index < -0.39 is 15.6 Å². The monoisotopic (exact) mass is 321 g/mol. The molecule has 0 radical (unpaired) electrons. The van der Waals surface area contributed by atoms with E-state index in [0.717, 1.165) is 37.7 Å². The predicted molar refractivity (Wildman–Crippen MR) is 83.9 cm³/mol. The first-order chi connectivity index (χ1) is 10.4. The minimum atomic E-state index is -3.39. The van der Waals surface area contributed by atoms with Crippen LogP contribution in [0, 0.1) is 18.3 Å². The topological polar surface area (TPSA) is 57.6 Å². The lowest BCUT2D eigenvalue weighted by molar-refractivity contribution is -0.112. The lowest BCUT2D eigenvalue weighted by Gasteiger charge is -2.47. The van der Waals surface area contributed by atoms with Crippen molar-refractivity contribution in [3.8, 4) is 0 Å². The van der Waals surface area contributed by atoms with Crippen molar-refractivity contribution in [2.24, 2.45) is 11.3 Å². The van der Waals surface area contributed by atoms with Gasteiger partial charge in [-0.05, 0) is 57.1 Å². The smallest absolute Gasteiger partial charge is 0.243 e. The van der Waals surface area contributed by atoms with Gasteiger partial charge in [0.1, 0.15) is 0 Å². The fourth-order valence-corrected chi connectivity index (χ4v) is 5.96. The van der Waals surface area contributed by atoms with E-state index in [1.165, 1.54) is 0 Å². The summed E-state index contributed by atoms with van der Waals surface area (Å²) in [4.78, 5) is 0.383. The third-order valence-electron chi connectivity index (χ3n) is 6.23. The van der Waals surface area contributed by atoms with Gasteiger partial charge in [-0.15, -0.1) is 0 Å². The average molecular weight is 321 g/mol. The van der Waals surface area contributed by atoms with Crippen LogP contribution in [0.4, 0.5) is 0 Å². The third-order valence-corrected chi connectivity index (χ3v) is 8.11. The number of benzene rings is 1. The standard InChI is InChI=1S/C17H23NO3S/c1-13-3-5-15(6-4-13)22(20,21)18-10-9-16(11-14(16)12-18)17(19)7-2-8-17/h3-6,14,19H,2,7-12H2,1H3. The van der Waals surface area contributed by atoms with Gasteiger partial charge in [0.25, 0.3) is 0 Å². The molecule has 1 N–H and O–H groups in total. The van der Waals surface area contributed by atoms with Crippen LogP contribution in [0.3, 0.4) is 0 Å². The second-order valence-corrected chi connectivity index (χ2v) is 9.31. The first-order valence-corrected chi connectivity index (χ1v) is 9.61. The Morgan fingerprint density at radius 3 is 2.41 bits per heavy atom. The second kappa shape index (κ2) is 4.56. The van der Waals surface area contributed by atoms with Crippen molar-refractivity contribution in [1.82, 2.24) is 4.31 Å². The van der Waals surface area contributed by atoms with Crippen LogP contribution in [-0.2, 0) is 10.0 Å². The summed E-state index contributed by atoms with van der Waals surface area (Å²) in [5, 5.41) is 10.7. The Balaban J connectivity index is 1.53. The van der Waals surface area contributed by atoms with E-state index in [1.54, 1.807) is 16.4 Å². The van der Waals surface area contributed by atoms with E-state index in [0.29, 0.717) is 23.9 Å². The number of hydrogen-bond acceptors (Lipinski definition) is 3. The van der Waals surface area contributed by atoms with Gasteiger partial charge in [-0.25, -0.2) is 8.42 Å². The molecule has 4 nitrogen and oxygen atoms in total. The minimum absolute atomic E-state index is 0.0184. The van der Waals surface area contributed by atoms with E-state index in [9.17, 15) is 13.5 Å². The summed E-state index contributed by atoms with van der Waals surface area (Å²) >= 11 is 0. The second-order valence-electron chi connectivity index (χ2n) is 7.37. The molecule has 5 heteroatoms. The largest absolute Gasteiger partial charge is 0.389 e. The molecule has 2 saturated carbocycles. The molecule has 22 heavy (non-hydrogen) atoms. The lowest BCUT2D eigenvalue weighted by Crippen LogP contribution is -2.52. The van der Waals surface area contributed by atoms with Crippen molar-refractivity contribution in [3.63, 3.8) is 0 Å². The molecule has 0 bridgehead atoms. The van der Waals surface area contributed by atoms with Gasteiger partial charge >= 0.3 is 0 Å². The maximum absolute atomic E-state index is 12.8. The Hall–Kier alpha value is -0.910. The van der Waals surface area contributed by atoms with E-state index in [1.807, 2.05) is 19.1 Å². The Bertz CT molecular complexity index is 693. The van der Waals surface area contributed by atoms with Crippen molar-refractivity contribution in [2.75, 3.05) is 13.1 Å². The number of fused-ring (bicyclic) bond motifs is 1. The van der Waals surface area contributed by atoms with Crippen LogP contribution < -0.4 is 0 Å². The first kappa shape index (κ1) is 14.7. The zero-order valence-electron chi connectivity index (χ0n) is 13.0. The van der Waals surface area contributed by atoms with Crippen LogP contribution in [0.5, 0.6) is 0 Å². The fourth-order valence-electron chi connectivity index (χ4n) is 4.48. The Labute approximate surface area is 132 Å². The fraction of sp³-hybridized carbons (Fsp3) is 0.647. The summed E-state index contributed by atoms with van der Waals surface area (Å²) in [5.74, 6) is 0.340. The number of piperidine rings is 1. The van der Waals surface area contributed by atoms with Crippen molar-refractivity contribution in [3.05, 3.63) is 29.8 Å². The number of hydrogen-bond donors (Lipinski definition) is 1. The van der Waals surface area contributed by atoms with Crippen molar-refractivity contribution >= 4 is 10.0 Å². The van der Waals surface area contributed by atoms with Gasteiger partial charge in [0, 0.05) is 18.5 Å². The van der Waals surface area contributed by atoms with Crippen molar-refractivity contribution < 1.29 is 13.5 Å². The molecule has 2 aliphatic carbocycles. The molecule has 1 aromatic rings. The molecule has 4 rings (SSSR count). The van der Waals surface area contributed by atoms with Crippen LogP contribution >= 0.6 is 0 Å². The highest BCUT2D eigenvalue weighted by atomic mass is 32.2. The van der Waals surface area contributed by atoms with Crippen LogP contribution in [-0.4, -0.2) is 36.5 Å². The Morgan fingerprint density at radius 1 is 1.18 bits per heavy atom. The molecule has 3 aliphatic rings. The molecule has 1 aromatic carbocycles. The highest BCUT2D eigenvalue weighted by Gasteiger charge is 2.69. The number of rotatable bonds is 3. The van der Waals surface area contributed by atoms with Crippen LogP contribution in [0.1, 0.15) is 37.7 Å². The van der Waals surface area contributed by atoms with Crippen LogP contribution in [0.2, 0.25) is 0 Å². The van der Waals surface area contributed by atoms with Crippen LogP contribution in [0.25, 0.3) is 0 Å². The molecular weight excluding hydrogens is 298 g/mol. The van der Waals surface area contributed by atoms with E-state index in [-0.39, 0.29) is 5.41 Å². The summed E-state index contributed by atoms with van der Waals surface area (Å²) in [6, 6.07) is 7.07. The molecule has 0 aromatic heterocycles. The highest BCUT2D eigenvalue weighted by Crippen LogP contribution is 2.68. The zero-order chi connectivity index (χ0) is 15.6. The maximum atomic E-state index is 12.8. The summed E-state index contributed by atoms with van der Waals surface area (Å²) in [7, 11) is -3.39. The Kier molecular flexibility index (Phi) is 3.04. The number of nitrogens with zero attached hydrogens (tertiary/aromatic N) is 1. The number of aryl methyl sites for hydroxylation is 1. The SMILES string of the molecule is Cc1ccc(S(=O)(=O)N2CCC3(C4(O)CCC4)CC3C2)cc1. The van der Waals surface area contributed by atoms with Gasteiger partial charge < -0.3 is 5.11 Å². The first-order valence-electron chi connectivity index (χ1n) is 8.17. The molecule has 2 unspecified atom stereocenters. The highest BCUT2D eigenvalue weighted by molar-refractivity contribution is 7.89. The lowest BCUT2D eigenvalue weighted by atomic mass is 9.66. The number of aliphatic hydroxyl groups is 1. The molecule has 3 fully saturated rings. The van der Waals surface area contributed by atoms with E-state index >= 15 is 0 Å². The molecule has 0 spiro atoms. The van der Waals surface area contributed by atoms with Gasteiger partial charge in [-0.2, -0.15) is 4.31 Å². The average Bonchev–Trinajstić information content (AvgIpc) is 3.20. The van der Waals surface area contributed by atoms with Gasteiger partial charge in [0.05, 0.1) is 10.5 Å². The quantitative estimate of drug-likeness (QED) is 0.929. The minimum Gasteiger partial charge on any atom is -0.389 e. The van der Waals surface area contributed by atoms with Crippen molar-refractivity contribution in [1.29, 1.82) is 0 Å². The van der Waals surface area contributed by atoms with Crippen molar-refractivity contribution in [2.45, 2.75) is 49.5 Å². The molecule has 1 saturated heterocycles. The molecule has 2 atom stereocenters. The predicted octanol–water partition coefficient (Wildman–Crippen LogP) is 2.31. The van der Waals surface area contributed by atoms with Gasteiger partial charge in [0.15, 0.2) is 0 Å². The zero-order valence-corrected chi connectivity index (χ0v) is 13.8. The summed E-state index contributed by atoms with van der Waals surface area (Å²) in [5.41, 5.74) is 0.577.